The van der Waals surface area contributed by atoms with Gasteiger partial charge in [-0.25, -0.2) is 8.42 Å². The summed E-state index contributed by atoms with van der Waals surface area (Å²) in [5, 5.41) is 2.96. The minimum atomic E-state index is -3.73. The van der Waals surface area contributed by atoms with Crippen LogP contribution < -0.4 is 10.0 Å². The molecule has 2 aromatic carbocycles. The summed E-state index contributed by atoms with van der Waals surface area (Å²) in [5.74, 6) is -0.159. The van der Waals surface area contributed by atoms with E-state index in [-0.39, 0.29) is 22.6 Å². The van der Waals surface area contributed by atoms with E-state index in [9.17, 15) is 18.0 Å². The number of hydrogen-bond acceptors (Lipinski definition) is 4. The summed E-state index contributed by atoms with van der Waals surface area (Å²) in [7, 11) is -3.73. The van der Waals surface area contributed by atoms with Crippen molar-refractivity contribution < 1.29 is 18.0 Å². The number of hydrogen-bond donors (Lipinski definition) is 2. The van der Waals surface area contributed by atoms with Crippen molar-refractivity contribution in [2.45, 2.75) is 37.5 Å². The van der Waals surface area contributed by atoms with Gasteiger partial charge in [0.2, 0.25) is 5.91 Å². The quantitative estimate of drug-likeness (QED) is 0.612. The van der Waals surface area contributed by atoms with Gasteiger partial charge < -0.3 is 10.2 Å². The maximum absolute atomic E-state index is 12.9. The Bertz CT molecular complexity index is 1000. The number of sulfonamides is 1. The monoisotopic (exact) mass is 443 g/mol. The van der Waals surface area contributed by atoms with Crippen molar-refractivity contribution >= 4 is 27.5 Å². The number of anilines is 1. The van der Waals surface area contributed by atoms with Crippen LogP contribution in [0.3, 0.4) is 0 Å². The number of nitrogens with one attached hydrogen (secondary N) is 2. The Hall–Kier alpha value is -2.87. The number of benzene rings is 2. The Morgan fingerprint density at radius 1 is 1.03 bits per heavy atom. The Balaban J connectivity index is 1.60. The van der Waals surface area contributed by atoms with Gasteiger partial charge in [-0.15, -0.1) is 0 Å². The molecule has 0 aliphatic carbocycles. The van der Waals surface area contributed by atoms with Crippen LogP contribution in [-0.2, 0) is 14.8 Å². The van der Waals surface area contributed by atoms with Crippen molar-refractivity contribution in [3.63, 3.8) is 0 Å². The van der Waals surface area contributed by atoms with Gasteiger partial charge in [-0.05, 0) is 49.6 Å². The van der Waals surface area contributed by atoms with Gasteiger partial charge in [-0.2, -0.15) is 0 Å². The smallest absolute Gasteiger partial charge is 0.261 e. The first-order valence-corrected chi connectivity index (χ1v) is 12.1. The number of piperidine rings is 1. The van der Waals surface area contributed by atoms with E-state index < -0.39 is 10.0 Å². The van der Waals surface area contributed by atoms with E-state index in [1.807, 2.05) is 0 Å². The molecular formula is C23H29N3O4S. The number of unbranched alkanes of at least 4 members (excludes halogenated alkanes) is 1. The average molecular weight is 444 g/mol. The van der Waals surface area contributed by atoms with Crippen molar-refractivity contribution in [2.75, 3.05) is 24.4 Å². The van der Waals surface area contributed by atoms with Crippen LogP contribution in [0.25, 0.3) is 0 Å². The third-order valence-corrected chi connectivity index (χ3v) is 6.79. The standard InChI is InChI=1S/C23H29N3O4S/c1-2-3-14-24-22(27)18-12-15-26(16-13-18)23(28)19-8-7-9-20(17-19)25-31(29,30)21-10-5-4-6-11-21/h4-11,17-18,25H,2-3,12-16H2,1H3,(H,24,27). The molecule has 0 bridgehead atoms. The minimum absolute atomic E-state index is 0.0649. The molecule has 31 heavy (non-hydrogen) atoms. The topological polar surface area (TPSA) is 95.6 Å². The second-order valence-electron chi connectivity index (χ2n) is 7.71. The molecule has 1 heterocycles. The summed E-state index contributed by atoms with van der Waals surface area (Å²) < 4.78 is 27.6. The fourth-order valence-corrected chi connectivity index (χ4v) is 4.66. The Kier molecular flexibility index (Phi) is 7.68. The van der Waals surface area contributed by atoms with E-state index in [1.165, 1.54) is 12.1 Å². The summed E-state index contributed by atoms with van der Waals surface area (Å²) in [4.78, 5) is 27.0. The molecule has 2 aromatic rings. The predicted molar refractivity (Wildman–Crippen MR) is 120 cm³/mol. The molecule has 0 saturated carbocycles. The van der Waals surface area contributed by atoms with Crippen molar-refractivity contribution in [1.29, 1.82) is 0 Å². The van der Waals surface area contributed by atoms with Crippen molar-refractivity contribution in [3.05, 3.63) is 60.2 Å². The molecule has 1 aliphatic heterocycles. The van der Waals surface area contributed by atoms with Crippen LogP contribution in [0, 0.1) is 5.92 Å². The first kappa shape index (κ1) is 22.8. The Morgan fingerprint density at radius 3 is 2.42 bits per heavy atom. The van der Waals surface area contributed by atoms with Crippen LogP contribution in [0.5, 0.6) is 0 Å². The zero-order valence-corrected chi connectivity index (χ0v) is 18.5. The van der Waals surface area contributed by atoms with Gasteiger partial charge in [0.05, 0.1) is 4.90 Å². The van der Waals surface area contributed by atoms with Crippen LogP contribution in [0.4, 0.5) is 5.69 Å². The number of nitrogens with zero attached hydrogens (tertiary/aromatic N) is 1. The molecule has 0 radical (unpaired) electrons. The van der Waals surface area contributed by atoms with Crippen molar-refractivity contribution in [2.24, 2.45) is 5.92 Å². The molecule has 0 spiro atoms. The van der Waals surface area contributed by atoms with Crippen molar-refractivity contribution in [3.8, 4) is 0 Å². The first-order valence-electron chi connectivity index (χ1n) is 10.7. The largest absolute Gasteiger partial charge is 0.356 e. The lowest BCUT2D eigenvalue weighted by Crippen LogP contribution is -2.43. The molecule has 0 unspecified atom stereocenters. The zero-order valence-electron chi connectivity index (χ0n) is 17.7. The molecule has 1 aliphatic rings. The molecule has 1 saturated heterocycles. The third kappa shape index (κ3) is 6.07. The Labute approximate surface area is 183 Å². The molecule has 2 N–H and O–H groups in total. The van der Waals surface area contributed by atoms with E-state index >= 15 is 0 Å². The summed E-state index contributed by atoms with van der Waals surface area (Å²) in [6, 6.07) is 14.6. The Morgan fingerprint density at radius 2 is 1.74 bits per heavy atom. The number of amides is 2. The van der Waals surface area contributed by atoms with E-state index in [4.69, 9.17) is 0 Å². The van der Waals surface area contributed by atoms with Crippen LogP contribution in [0.2, 0.25) is 0 Å². The molecule has 2 amide bonds. The zero-order chi connectivity index (χ0) is 22.3. The van der Waals surface area contributed by atoms with Crippen LogP contribution >= 0.6 is 0 Å². The van der Waals surface area contributed by atoms with Gasteiger partial charge in [0.15, 0.2) is 0 Å². The van der Waals surface area contributed by atoms with Gasteiger partial charge in [0.1, 0.15) is 0 Å². The minimum Gasteiger partial charge on any atom is -0.356 e. The summed E-state index contributed by atoms with van der Waals surface area (Å²) in [6.07, 6.45) is 3.26. The normalized spacial score (nSPS) is 14.8. The van der Waals surface area contributed by atoms with Gasteiger partial charge >= 0.3 is 0 Å². The highest BCUT2D eigenvalue weighted by Gasteiger charge is 2.27. The first-order chi connectivity index (χ1) is 14.9. The van der Waals surface area contributed by atoms with Gasteiger partial charge in [-0.1, -0.05) is 37.6 Å². The van der Waals surface area contributed by atoms with E-state index in [1.54, 1.807) is 47.4 Å². The van der Waals surface area contributed by atoms with Crippen LogP contribution in [0.15, 0.2) is 59.5 Å². The molecule has 1 fully saturated rings. The maximum atomic E-state index is 12.9. The summed E-state index contributed by atoms with van der Waals surface area (Å²) in [6.45, 7) is 3.79. The van der Waals surface area contributed by atoms with Crippen molar-refractivity contribution in [1.82, 2.24) is 10.2 Å². The number of rotatable bonds is 8. The molecule has 7 nitrogen and oxygen atoms in total. The molecule has 0 atom stereocenters. The second kappa shape index (κ2) is 10.4. The van der Waals surface area contributed by atoms with Gasteiger partial charge in [0.25, 0.3) is 15.9 Å². The summed E-state index contributed by atoms with van der Waals surface area (Å²) in [5.41, 5.74) is 0.749. The molecule has 3 rings (SSSR count). The SMILES string of the molecule is CCCCNC(=O)C1CCN(C(=O)c2cccc(NS(=O)(=O)c3ccccc3)c2)CC1. The van der Waals surface area contributed by atoms with Crippen LogP contribution in [-0.4, -0.2) is 44.8 Å². The van der Waals surface area contributed by atoms with Gasteiger partial charge in [0, 0.05) is 36.8 Å². The van der Waals surface area contributed by atoms with Crippen LogP contribution in [0.1, 0.15) is 43.0 Å². The van der Waals surface area contributed by atoms with Gasteiger partial charge in [-0.3, -0.25) is 14.3 Å². The maximum Gasteiger partial charge on any atom is 0.261 e. The molecule has 8 heteroatoms. The lowest BCUT2D eigenvalue weighted by molar-refractivity contribution is -0.126. The van der Waals surface area contributed by atoms with E-state index in [0.717, 1.165) is 12.8 Å². The lowest BCUT2D eigenvalue weighted by atomic mass is 9.95. The third-order valence-electron chi connectivity index (χ3n) is 5.40. The number of likely N-dealkylation sites (tertiary alicyclic amines) is 1. The predicted octanol–water partition coefficient (Wildman–Crippen LogP) is 3.26. The fraction of sp³-hybridized carbons (Fsp3) is 0.391. The number of carbonyl (C=O) groups excluding carboxylic acids is 2. The highest BCUT2D eigenvalue weighted by molar-refractivity contribution is 7.92. The fourth-order valence-electron chi connectivity index (χ4n) is 3.59. The van der Waals surface area contributed by atoms with E-state index in [0.29, 0.717) is 43.7 Å². The molecule has 0 aromatic heterocycles. The lowest BCUT2D eigenvalue weighted by Gasteiger charge is -2.31. The molecular weight excluding hydrogens is 414 g/mol. The second-order valence-corrected chi connectivity index (χ2v) is 9.39. The van der Waals surface area contributed by atoms with E-state index in [2.05, 4.69) is 17.0 Å². The number of carbonyl (C=O) groups is 2. The average Bonchev–Trinajstić information content (AvgIpc) is 2.79. The highest BCUT2D eigenvalue weighted by atomic mass is 32.2. The highest BCUT2D eigenvalue weighted by Crippen LogP contribution is 2.22. The molecule has 166 valence electrons. The summed E-state index contributed by atoms with van der Waals surface area (Å²) >= 11 is 0.